The standard InChI is InChI=1S/C42H41Cl2N3O9.CH2O2/c1-52-36-13-10-28(18-37(36)53-2)31(20-33-34(43)21-47(51)22-35(33)44)32-19-30(55-40(32)41(48)49)24-54-29-11-8-27(9-12-29)39(26-6-4-3-5-7-26)45-42(50)56-38-23-46-16-14-25(38)15-17-46;2-1-3/h3-13,18-19,21-22,25,31,38-39H,14-17,20,23-24H2,1-2H3,(H2-,45,48,49,50,51);1H,(H,2,3)/t31-,38-,39?;/m0./s1. The van der Waals surface area contributed by atoms with E-state index in [-0.39, 0.29) is 47.2 Å². The van der Waals surface area contributed by atoms with Gasteiger partial charge in [-0.05, 0) is 85.3 Å². The molecule has 5 aromatic rings. The molecule has 5 heterocycles. The zero-order valence-corrected chi connectivity index (χ0v) is 33.7. The molecule has 59 heavy (non-hydrogen) atoms. The number of fused-ring (bicyclic) bond motifs is 3. The number of methoxy groups -OCH3 is 2. The molecule has 14 nitrogen and oxygen atoms in total. The van der Waals surface area contributed by atoms with Gasteiger partial charge in [0.25, 0.3) is 6.47 Å². The number of hydrogen-bond donors (Lipinski definition) is 3. The van der Waals surface area contributed by atoms with Crippen LogP contribution in [0.15, 0.2) is 95.7 Å². The predicted octanol–water partition coefficient (Wildman–Crippen LogP) is 6.06. The number of pyridine rings is 1. The lowest BCUT2D eigenvalue weighted by Gasteiger charge is -2.43. The van der Waals surface area contributed by atoms with Crippen molar-refractivity contribution < 1.29 is 57.9 Å². The summed E-state index contributed by atoms with van der Waals surface area (Å²) in [5.41, 5.74) is 3.12. The third kappa shape index (κ3) is 10.4. The Labute approximate surface area is 350 Å². The number of rotatable bonds is 14. The van der Waals surface area contributed by atoms with Crippen molar-refractivity contribution >= 4 is 41.7 Å². The zero-order chi connectivity index (χ0) is 42.1. The first-order valence-electron chi connectivity index (χ1n) is 18.7. The minimum Gasteiger partial charge on any atom is -0.542 e. The van der Waals surface area contributed by atoms with Crippen molar-refractivity contribution in [3.8, 4) is 17.2 Å². The average Bonchev–Trinajstić information content (AvgIpc) is 3.67. The van der Waals surface area contributed by atoms with Crippen molar-refractivity contribution in [1.29, 1.82) is 0 Å². The number of nitrogens with one attached hydrogen (secondary N) is 1. The molecule has 8 rings (SSSR count). The number of hydrogen-bond acceptors (Lipinski definition) is 11. The van der Waals surface area contributed by atoms with Crippen LogP contribution in [0.25, 0.3) is 0 Å². The van der Waals surface area contributed by atoms with Gasteiger partial charge in [0.2, 0.25) is 12.4 Å². The Morgan fingerprint density at radius 3 is 2.17 bits per heavy atom. The molecule has 3 saturated heterocycles. The molecule has 3 aromatic carbocycles. The van der Waals surface area contributed by atoms with Gasteiger partial charge in [-0.25, -0.2) is 4.79 Å². The number of alkyl carbamates (subject to hydrolysis) is 1. The quantitative estimate of drug-likeness (QED) is 0.0669. The molecule has 3 fully saturated rings. The highest BCUT2D eigenvalue weighted by molar-refractivity contribution is 6.35. The van der Waals surface area contributed by atoms with E-state index in [1.807, 2.05) is 42.5 Å². The summed E-state index contributed by atoms with van der Waals surface area (Å²) in [5, 5.41) is 32.8. The Balaban J connectivity index is 0.00000189. The highest BCUT2D eigenvalue weighted by Gasteiger charge is 2.37. The van der Waals surface area contributed by atoms with E-state index in [1.165, 1.54) is 26.6 Å². The van der Waals surface area contributed by atoms with Gasteiger partial charge in [0, 0.05) is 28.3 Å². The molecule has 2 bridgehead atoms. The third-order valence-corrected chi connectivity index (χ3v) is 11.2. The van der Waals surface area contributed by atoms with Crippen molar-refractivity contribution in [2.45, 2.75) is 43.9 Å². The van der Waals surface area contributed by atoms with Gasteiger partial charge >= 0.3 is 6.09 Å². The van der Waals surface area contributed by atoms with Gasteiger partial charge in [0.1, 0.15) is 40.2 Å². The first kappa shape index (κ1) is 42.6. The second-order valence-corrected chi connectivity index (χ2v) is 14.8. The van der Waals surface area contributed by atoms with Crippen LogP contribution in [-0.2, 0) is 22.6 Å². The van der Waals surface area contributed by atoms with Crippen LogP contribution in [0.4, 0.5) is 4.79 Å². The van der Waals surface area contributed by atoms with Crippen LogP contribution in [0.1, 0.15) is 68.9 Å². The second-order valence-electron chi connectivity index (χ2n) is 14.0. The molecule has 0 radical (unpaired) electrons. The van der Waals surface area contributed by atoms with Crippen LogP contribution in [-0.4, -0.2) is 73.7 Å². The Bertz CT molecular complexity index is 2210. The molecule has 0 aliphatic carbocycles. The summed E-state index contributed by atoms with van der Waals surface area (Å²) < 4.78 is 29.6. The van der Waals surface area contributed by atoms with E-state index in [0.29, 0.717) is 39.9 Å². The number of amides is 1. The molecule has 2 aromatic heterocycles. The maximum absolute atomic E-state index is 13.2. The number of ether oxygens (including phenoxy) is 4. The number of furan rings is 1. The van der Waals surface area contributed by atoms with Gasteiger partial charge < -0.3 is 43.7 Å². The molecule has 3 aliphatic rings. The Morgan fingerprint density at radius 1 is 0.949 bits per heavy atom. The van der Waals surface area contributed by atoms with E-state index in [9.17, 15) is 19.9 Å². The number of aromatic nitrogens is 1. The van der Waals surface area contributed by atoms with Gasteiger partial charge in [-0.1, -0.05) is 71.7 Å². The summed E-state index contributed by atoms with van der Waals surface area (Å²) >= 11 is 13.0. The van der Waals surface area contributed by atoms with Crippen molar-refractivity contribution in [2.24, 2.45) is 5.92 Å². The summed E-state index contributed by atoms with van der Waals surface area (Å²) in [6, 6.07) is 23.3. The van der Waals surface area contributed by atoms with E-state index >= 15 is 0 Å². The van der Waals surface area contributed by atoms with E-state index in [2.05, 4.69) is 10.2 Å². The first-order chi connectivity index (χ1) is 28.5. The molecule has 16 heteroatoms. The number of halogens is 2. The Kier molecular flexibility index (Phi) is 14.2. The predicted molar refractivity (Wildman–Crippen MR) is 212 cm³/mol. The highest BCUT2D eigenvalue weighted by Crippen LogP contribution is 2.40. The monoisotopic (exact) mass is 847 g/mol. The fraction of sp³-hybridized carbons (Fsp3) is 0.302. The van der Waals surface area contributed by atoms with E-state index < -0.39 is 24.0 Å². The number of carboxylic acid groups (broad SMARTS) is 2. The van der Waals surface area contributed by atoms with Crippen LogP contribution < -0.4 is 29.4 Å². The molecule has 0 saturated carbocycles. The fourth-order valence-corrected chi connectivity index (χ4v) is 8.22. The van der Waals surface area contributed by atoms with Crippen LogP contribution >= 0.6 is 23.2 Å². The number of aromatic carboxylic acids is 1. The van der Waals surface area contributed by atoms with Crippen molar-refractivity contribution in [3.05, 3.63) is 141 Å². The fourth-order valence-electron chi connectivity index (χ4n) is 7.61. The summed E-state index contributed by atoms with van der Waals surface area (Å²) in [7, 11) is 3.01. The third-order valence-electron chi connectivity index (χ3n) is 10.5. The number of benzene rings is 3. The lowest BCUT2D eigenvalue weighted by molar-refractivity contribution is -0.904. The number of carbonyl (C=O) groups is 3. The zero-order valence-electron chi connectivity index (χ0n) is 32.2. The van der Waals surface area contributed by atoms with Gasteiger partial charge in [-0.3, -0.25) is 14.9 Å². The van der Waals surface area contributed by atoms with Crippen molar-refractivity contribution in [1.82, 2.24) is 10.2 Å². The molecule has 0 spiro atoms. The number of carboxylic acids is 1. The molecule has 310 valence electrons. The molecular weight excluding hydrogens is 805 g/mol. The average molecular weight is 849 g/mol. The smallest absolute Gasteiger partial charge is 0.408 e. The lowest BCUT2D eigenvalue weighted by atomic mass is 9.85. The normalized spacial score (nSPS) is 17.7. The molecule has 1 amide bonds. The van der Waals surface area contributed by atoms with Gasteiger partial charge in [-0.2, -0.15) is 0 Å². The first-order valence-corrected chi connectivity index (χ1v) is 19.5. The van der Waals surface area contributed by atoms with Crippen LogP contribution in [0.3, 0.4) is 0 Å². The second kappa shape index (κ2) is 19.7. The SMILES string of the molecule is COc1ccc([C@H](Cc2c(Cl)c[n+](O)cc2Cl)c2cc(COc3ccc(C(NC(=O)O[C@H]4CN5CCC4CC5)c4ccccc4)cc3)oc2C(=O)[O-])cc1OC.O=CO. The number of nitrogens with zero attached hydrogens (tertiary/aromatic N) is 2. The van der Waals surface area contributed by atoms with Gasteiger partial charge in [-0.15, -0.1) is 0 Å². The minimum atomic E-state index is -1.52. The lowest BCUT2D eigenvalue weighted by Crippen LogP contribution is -2.52. The largest absolute Gasteiger partial charge is 0.542 e. The maximum atomic E-state index is 13.2. The summed E-state index contributed by atoms with van der Waals surface area (Å²) in [6.07, 6.45) is 4.19. The Morgan fingerprint density at radius 2 is 1.58 bits per heavy atom. The van der Waals surface area contributed by atoms with Crippen molar-refractivity contribution in [2.75, 3.05) is 33.9 Å². The van der Waals surface area contributed by atoms with E-state index in [0.717, 1.165) is 48.3 Å². The topological polar surface area (TPSA) is 184 Å². The van der Waals surface area contributed by atoms with Crippen molar-refractivity contribution in [3.63, 3.8) is 0 Å². The van der Waals surface area contributed by atoms with Crippen LogP contribution in [0, 0.1) is 5.92 Å². The number of piperidine rings is 3. The summed E-state index contributed by atoms with van der Waals surface area (Å²) in [5.74, 6) is -0.579. The molecule has 1 unspecified atom stereocenters. The van der Waals surface area contributed by atoms with Crippen LogP contribution in [0.5, 0.6) is 17.2 Å². The molecular formula is C43H43Cl2N3O11. The number of carbonyl (C=O) groups excluding carboxylic acids is 2. The van der Waals surface area contributed by atoms with Gasteiger partial charge in [0.05, 0.1) is 20.3 Å². The highest BCUT2D eigenvalue weighted by atomic mass is 35.5. The maximum Gasteiger partial charge on any atom is 0.408 e. The van der Waals surface area contributed by atoms with Crippen LogP contribution in [0.2, 0.25) is 10.0 Å². The molecule has 3 atom stereocenters. The molecule has 3 aliphatic heterocycles. The van der Waals surface area contributed by atoms with Gasteiger partial charge in [0.15, 0.2) is 17.3 Å². The summed E-state index contributed by atoms with van der Waals surface area (Å²) in [4.78, 5) is 36.4. The van der Waals surface area contributed by atoms with E-state index in [4.69, 9.17) is 56.5 Å². The Hall–Kier alpha value is -5.96. The van der Waals surface area contributed by atoms with E-state index in [1.54, 1.807) is 36.4 Å². The summed E-state index contributed by atoms with van der Waals surface area (Å²) in [6.45, 7) is 2.51. The minimum absolute atomic E-state index is 0.109. The molecule has 3 N–H and O–H groups in total.